The van der Waals surface area contributed by atoms with Gasteiger partial charge in [0.1, 0.15) is 0 Å². The second-order valence-electron chi connectivity index (χ2n) is 2.10. The van der Waals surface area contributed by atoms with Crippen LogP contribution >= 0.6 is 0 Å². The Labute approximate surface area is 49.3 Å². The van der Waals surface area contributed by atoms with Gasteiger partial charge in [0.25, 0.3) is 0 Å². The third-order valence-corrected chi connectivity index (χ3v) is 1.06. The molecule has 1 N–H and O–H groups in total. The van der Waals surface area contributed by atoms with Crippen molar-refractivity contribution in [2.75, 3.05) is 0 Å². The summed E-state index contributed by atoms with van der Waals surface area (Å²) in [6.45, 7) is 4.11. The maximum absolute atomic E-state index is 3.90. The number of rotatable bonds is 0. The fourth-order valence-corrected chi connectivity index (χ4v) is 0.731. The lowest BCUT2D eigenvalue weighted by molar-refractivity contribution is 0.815. The molecule has 8 heavy (non-hydrogen) atoms. The normalized spacial score (nSPS) is 26.8. The predicted octanol–water partition coefficient (Wildman–Crippen LogP) is 1.12. The molecule has 0 spiro atoms. The molecule has 2 heteroatoms. The molecular weight excluding hydrogens is 100 g/mol. The third-order valence-electron chi connectivity index (χ3n) is 1.06. The van der Waals surface area contributed by atoms with Crippen LogP contribution in [0.25, 0.3) is 0 Å². The molecule has 0 radical (unpaired) electrons. The van der Waals surface area contributed by atoms with Crippen LogP contribution in [0.2, 0.25) is 0 Å². The van der Waals surface area contributed by atoms with Crippen LogP contribution in [-0.2, 0) is 0 Å². The van der Waals surface area contributed by atoms with Gasteiger partial charge in [0.2, 0.25) is 0 Å². The van der Waals surface area contributed by atoms with Crippen molar-refractivity contribution < 1.29 is 0 Å². The zero-order valence-corrected chi connectivity index (χ0v) is 5.18. The summed E-state index contributed by atoms with van der Waals surface area (Å²) in [6, 6.07) is 0. The van der Waals surface area contributed by atoms with Gasteiger partial charge in [-0.05, 0) is 6.92 Å². The lowest BCUT2D eigenvalue weighted by atomic mass is 10.1. The highest BCUT2D eigenvalue weighted by molar-refractivity contribution is 5.63. The van der Waals surface area contributed by atoms with E-state index >= 15 is 0 Å². The quantitative estimate of drug-likeness (QED) is 0.496. The minimum absolute atomic E-state index is 0.497. The van der Waals surface area contributed by atoms with Crippen molar-refractivity contribution in [2.45, 2.75) is 13.8 Å². The van der Waals surface area contributed by atoms with Crippen LogP contribution < -0.4 is 5.43 Å². The molecule has 0 aromatic heterocycles. The van der Waals surface area contributed by atoms with Gasteiger partial charge in [-0.15, -0.1) is 0 Å². The highest BCUT2D eigenvalue weighted by Gasteiger charge is 1.97. The molecule has 0 aromatic rings. The number of allylic oxidation sites excluding steroid dienone is 2. The van der Waals surface area contributed by atoms with E-state index < -0.39 is 0 Å². The molecule has 2 nitrogen and oxygen atoms in total. The van der Waals surface area contributed by atoms with Crippen molar-refractivity contribution in [2.24, 2.45) is 11.0 Å². The van der Waals surface area contributed by atoms with Crippen LogP contribution in [0.3, 0.4) is 0 Å². The molecule has 0 bridgehead atoms. The summed E-state index contributed by atoms with van der Waals surface area (Å²) in [4.78, 5) is 0. The molecule has 1 rings (SSSR count). The Morgan fingerprint density at radius 2 is 2.50 bits per heavy atom. The van der Waals surface area contributed by atoms with Crippen LogP contribution in [0, 0.1) is 5.92 Å². The van der Waals surface area contributed by atoms with Gasteiger partial charge in [-0.1, -0.05) is 13.0 Å². The van der Waals surface area contributed by atoms with E-state index in [0.717, 1.165) is 5.70 Å². The van der Waals surface area contributed by atoms with E-state index in [1.165, 1.54) is 0 Å². The summed E-state index contributed by atoms with van der Waals surface area (Å²) in [6.07, 6.45) is 4.01. The molecule has 44 valence electrons. The monoisotopic (exact) mass is 110 g/mol. The van der Waals surface area contributed by atoms with Crippen molar-refractivity contribution >= 4 is 6.21 Å². The minimum Gasteiger partial charge on any atom is -0.284 e. The first kappa shape index (κ1) is 5.35. The number of nitrogens with zero attached hydrogens (tertiary/aromatic N) is 1. The van der Waals surface area contributed by atoms with Gasteiger partial charge in [0.15, 0.2) is 0 Å². The van der Waals surface area contributed by atoms with Crippen LogP contribution in [-0.4, -0.2) is 6.21 Å². The summed E-state index contributed by atoms with van der Waals surface area (Å²) < 4.78 is 0. The van der Waals surface area contributed by atoms with Gasteiger partial charge >= 0.3 is 0 Å². The summed E-state index contributed by atoms with van der Waals surface area (Å²) in [5.74, 6) is 0.497. The highest BCUT2D eigenvalue weighted by atomic mass is 15.3. The Bertz CT molecular complexity index is 135. The fraction of sp³-hybridized carbons (Fsp3) is 0.500. The Morgan fingerprint density at radius 3 is 2.88 bits per heavy atom. The second kappa shape index (κ2) is 1.99. The summed E-state index contributed by atoms with van der Waals surface area (Å²) in [7, 11) is 0. The average molecular weight is 110 g/mol. The van der Waals surface area contributed by atoms with Crippen molar-refractivity contribution in [1.82, 2.24) is 5.43 Å². The van der Waals surface area contributed by atoms with Crippen LogP contribution in [0.4, 0.5) is 0 Å². The Morgan fingerprint density at radius 1 is 1.75 bits per heavy atom. The highest BCUT2D eigenvalue weighted by Crippen LogP contribution is 2.01. The Kier molecular flexibility index (Phi) is 1.33. The van der Waals surface area contributed by atoms with E-state index in [1.54, 1.807) is 0 Å². The molecule has 0 saturated carbocycles. The zero-order valence-electron chi connectivity index (χ0n) is 5.18. The van der Waals surface area contributed by atoms with Gasteiger partial charge in [-0.3, -0.25) is 5.43 Å². The first-order valence-corrected chi connectivity index (χ1v) is 2.76. The van der Waals surface area contributed by atoms with E-state index in [2.05, 4.69) is 23.5 Å². The number of nitrogens with one attached hydrogen (secondary N) is 1. The summed E-state index contributed by atoms with van der Waals surface area (Å²) in [5, 5.41) is 3.90. The van der Waals surface area contributed by atoms with Gasteiger partial charge in [0.05, 0.1) is 0 Å². The molecule has 0 saturated heterocycles. The minimum atomic E-state index is 0.497. The van der Waals surface area contributed by atoms with Crippen molar-refractivity contribution in [3.05, 3.63) is 11.8 Å². The number of hydrogen-bond donors (Lipinski definition) is 1. The molecule has 0 amide bonds. The van der Waals surface area contributed by atoms with Crippen molar-refractivity contribution in [3.63, 3.8) is 0 Å². The smallest absolute Gasteiger partial charge is 0.0313 e. The molecule has 1 heterocycles. The van der Waals surface area contributed by atoms with Gasteiger partial charge in [-0.25, -0.2) is 0 Å². The molecular formula is C6H10N2. The molecule has 1 aliphatic rings. The molecule has 0 aromatic carbocycles. The maximum Gasteiger partial charge on any atom is 0.0313 e. The molecule has 1 unspecified atom stereocenters. The first-order valence-electron chi connectivity index (χ1n) is 2.76. The van der Waals surface area contributed by atoms with Gasteiger partial charge in [-0.2, -0.15) is 5.10 Å². The Hall–Kier alpha value is -0.790. The predicted molar refractivity (Wildman–Crippen MR) is 34.5 cm³/mol. The van der Waals surface area contributed by atoms with Crippen molar-refractivity contribution in [3.8, 4) is 0 Å². The topological polar surface area (TPSA) is 24.4 Å². The van der Waals surface area contributed by atoms with E-state index in [4.69, 9.17) is 0 Å². The molecule has 0 fully saturated rings. The Balaban J connectivity index is 2.60. The van der Waals surface area contributed by atoms with Crippen LogP contribution in [0.1, 0.15) is 13.8 Å². The third kappa shape index (κ3) is 1.09. The van der Waals surface area contributed by atoms with Crippen LogP contribution in [0.15, 0.2) is 16.9 Å². The van der Waals surface area contributed by atoms with Crippen molar-refractivity contribution in [1.29, 1.82) is 0 Å². The largest absolute Gasteiger partial charge is 0.284 e. The second-order valence-corrected chi connectivity index (χ2v) is 2.10. The lowest BCUT2D eigenvalue weighted by Crippen LogP contribution is -2.11. The number of hydrogen-bond acceptors (Lipinski definition) is 2. The fourth-order valence-electron chi connectivity index (χ4n) is 0.731. The van der Waals surface area contributed by atoms with Crippen LogP contribution in [0.5, 0.6) is 0 Å². The van der Waals surface area contributed by atoms with Gasteiger partial charge < -0.3 is 0 Å². The van der Waals surface area contributed by atoms with E-state index in [-0.39, 0.29) is 0 Å². The molecule has 1 aliphatic heterocycles. The van der Waals surface area contributed by atoms with E-state index in [0.29, 0.717) is 5.92 Å². The number of hydrazone groups is 1. The first-order chi connectivity index (χ1) is 3.79. The lowest BCUT2D eigenvalue weighted by Gasteiger charge is -2.07. The molecule has 1 atom stereocenters. The summed E-state index contributed by atoms with van der Waals surface area (Å²) in [5.41, 5.74) is 3.98. The maximum atomic E-state index is 3.90. The molecule has 0 aliphatic carbocycles. The summed E-state index contributed by atoms with van der Waals surface area (Å²) >= 11 is 0. The van der Waals surface area contributed by atoms with E-state index in [9.17, 15) is 0 Å². The van der Waals surface area contributed by atoms with E-state index in [1.807, 2.05) is 13.1 Å². The standard InChI is InChI=1S/C6H10N2/c1-5-3-6(2)8-7-4-5/h3-5,8H,1-2H3. The average Bonchev–Trinajstić information content (AvgIpc) is 1.64. The zero-order chi connectivity index (χ0) is 5.98. The van der Waals surface area contributed by atoms with Gasteiger partial charge in [0, 0.05) is 17.8 Å². The SMILES string of the molecule is CC1=CC(C)C=NN1.